The van der Waals surface area contributed by atoms with Gasteiger partial charge in [-0.05, 0) is 25.2 Å². The van der Waals surface area contributed by atoms with Crippen LogP contribution in [0.1, 0.15) is 16.8 Å². The fourth-order valence-electron chi connectivity index (χ4n) is 4.23. The van der Waals surface area contributed by atoms with Gasteiger partial charge in [-0.3, -0.25) is 14.8 Å². The number of nitrogens with one attached hydrogen (secondary N) is 2. The number of anilines is 1. The normalized spacial score (nSPS) is 14.6. The van der Waals surface area contributed by atoms with Gasteiger partial charge in [0.15, 0.2) is 28.9 Å². The number of fused-ring (bicyclic) bond motifs is 1. The van der Waals surface area contributed by atoms with E-state index in [1.807, 2.05) is 7.05 Å². The summed E-state index contributed by atoms with van der Waals surface area (Å²) in [7, 11) is 3.30. The number of pyridine rings is 2. The molecular weight excluding hydrogens is 538 g/mol. The number of likely N-dealkylation sites (N-methyl/N-ethyl adjacent to an activating group) is 1. The first-order valence-electron chi connectivity index (χ1n) is 12.9. The predicted molar refractivity (Wildman–Crippen MR) is 146 cm³/mol. The number of methoxy groups -OCH3 is 1. The van der Waals surface area contributed by atoms with Crippen molar-refractivity contribution in [2.45, 2.75) is 12.5 Å². The van der Waals surface area contributed by atoms with Crippen molar-refractivity contribution < 1.29 is 37.3 Å². The van der Waals surface area contributed by atoms with Crippen molar-refractivity contribution in [2.75, 3.05) is 45.8 Å². The van der Waals surface area contributed by atoms with Crippen LogP contribution in [0.5, 0.6) is 28.7 Å². The van der Waals surface area contributed by atoms with Crippen molar-refractivity contribution in [3.05, 3.63) is 72.2 Å². The van der Waals surface area contributed by atoms with Gasteiger partial charge in [0.2, 0.25) is 0 Å². The minimum Gasteiger partial charge on any atom is -0.493 e. The minimum absolute atomic E-state index is 0.110. The standard InChI is InChI=1S/C29H28F2N4O6/c1-32-8-10-39-27-14-23-19(13-26(27)37-2)24(4-7-34-23)41-28-21(30)11-17(12-22(28)31)35-29(36)20-15-33-6-3-25(20)40-18-5-9-38-16-18/h3-4,6-7,11-15,18,32H,5,8-10,16H2,1-2H3,(H,35,36)/t18-/m0/s1. The average Bonchev–Trinajstić information content (AvgIpc) is 3.48. The van der Waals surface area contributed by atoms with Crippen molar-refractivity contribution >= 4 is 22.5 Å². The minimum atomic E-state index is -1.02. The maximum absolute atomic E-state index is 15.1. The van der Waals surface area contributed by atoms with E-state index < -0.39 is 23.3 Å². The highest BCUT2D eigenvalue weighted by atomic mass is 19.1. The van der Waals surface area contributed by atoms with Crippen LogP contribution in [0.25, 0.3) is 10.9 Å². The molecule has 1 amide bonds. The van der Waals surface area contributed by atoms with Crippen LogP contribution in [-0.2, 0) is 4.74 Å². The lowest BCUT2D eigenvalue weighted by molar-refractivity contribution is 0.101. The second-order valence-corrected chi connectivity index (χ2v) is 9.08. The van der Waals surface area contributed by atoms with Crippen molar-refractivity contribution in [3.8, 4) is 28.7 Å². The molecule has 0 radical (unpaired) electrons. The molecule has 41 heavy (non-hydrogen) atoms. The maximum atomic E-state index is 15.1. The van der Waals surface area contributed by atoms with Gasteiger partial charge in [-0.15, -0.1) is 0 Å². The number of carbonyl (C=O) groups is 1. The molecule has 214 valence electrons. The Morgan fingerprint density at radius 2 is 1.88 bits per heavy atom. The number of rotatable bonds is 11. The third-order valence-corrected chi connectivity index (χ3v) is 6.27. The van der Waals surface area contributed by atoms with Crippen molar-refractivity contribution in [1.29, 1.82) is 0 Å². The molecule has 1 atom stereocenters. The first-order valence-corrected chi connectivity index (χ1v) is 12.9. The number of nitrogens with zero attached hydrogens (tertiary/aromatic N) is 2. The van der Waals surface area contributed by atoms with E-state index in [-0.39, 0.29) is 23.1 Å². The van der Waals surface area contributed by atoms with E-state index in [4.69, 9.17) is 23.7 Å². The molecule has 1 saturated heterocycles. The largest absolute Gasteiger partial charge is 0.493 e. The molecule has 1 aliphatic heterocycles. The van der Waals surface area contributed by atoms with E-state index in [0.29, 0.717) is 60.9 Å². The Hall–Kier alpha value is -4.55. The molecule has 2 N–H and O–H groups in total. The lowest BCUT2D eigenvalue weighted by atomic mass is 10.1. The number of halogens is 2. The Labute approximate surface area is 234 Å². The van der Waals surface area contributed by atoms with Crippen molar-refractivity contribution in [3.63, 3.8) is 0 Å². The summed E-state index contributed by atoms with van der Waals surface area (Å²) in [5.74, 6) is -2.00. The number of benzene rings is 2. The van der Waals surface area contributed by atoms with Crippen LogP contribution < -0.4 is 29.6 Å². The molecule has 12 heteroatoms. The summed E-state index contributed by atoms with van der Waals surface area (Å²) in [4.78, 5) is 21.2. The van der Waals surface area contributed by atoms with Gasteiger partial charge in [0.1, 0.15) is 24.2 Å². The average molecular weight is 567 g/mol. The molecule has 0 saturated carbocycles. The van der Waals surface area contributed by atoms with Gasteiger partial charge < -0.3 is 34.3 Å². The van der Waals surface area contributed by atoms with E-state index in [1.165, 1.54) is 31.8 Å². The van der Waals surface area contributed by atoms with Crippen LogP contribution in [0.3, 0.4) is 0 Å². The Balaban J connectivity index is 1.36. The molecule has 0 spiro atoms. The van der Waals surface area contributed by atoms with E-state index in [0.717, 1.165) is 12.1 Å². The maximum Gasteiger partial charge on any atom is 0.261 e. The molecule has 2 aromatic carbocycles. The van der Waals surface area contributed by atoms with E-state index in [9.17, 15) is 4.79 Å². The van der Waals surface area contributed by atoms with Crippen LogP contribution in [-0.4, -0.2) is 62.5 Å². The highest BCUT2D eigenvalue weighted by molar-refractivity contribution is 6.06. The van der Waals surface area contributed by atoms with Gasteiger partial charge in [-0.25, -0.2) is 8.78 Å². The molecule has 0 unspecified atom stereocenters. The fraction of sp³-hybridized carbons (Fsp3) is 0.276. The molecule has 0 aliphatic carbocycles. The van der Waals surface area contributed by atoms with Gasteiger partial charge in [0.25, 0.3) is 5.91 Å². The number of aromatic nitrogens is 2. The summed E-state index contributed by atoms with van der Waals surface area (Å²) in [6.07, 6.45) is 4.76. The second-order valence-electron chi connectivity index (χ2n) is 9.08. The Kier molecular flexibility index (Phi) is 8.70. The van der Waals surface area contributed by atoms with Crippen molar-refractivity contribution in [1.82, 2.24) is 15.3 Å². The van der Waals surface area contributed by atoms with Crippen LogP contribution in [0, 0.1) is 11.6 Å². The Morgan fingerprint density at radius 3 is 2.61 bits per heavy atom. The van der Waals surface area contributed by atoms with Crippen LogP contribution >= 0.6 is 0 Å². The highest BCUT2D eigenvalue weighted by Gasteiger charge is 2.22. The molecule has 0 bridgehead atoms. The van der Waals surface area contributed by atoms with E-state index in [1.54, 1.807) is 18.2 Å². The monoisotopic (exact) mass is 566 g/mol. The molecule has 4 aromatic rings. The molecule has 10 nitrogen and oxygen atoms in total. The predicted octanol–water partition coefficient (Wildman–Crippen LogP) is 4.73. The topological polar surface area (TPSA) is 113 Å². The van der Waals surface area contributed by atoms with Gasteiger partial charge >= 0.3 is 0 Å². The van der Waals surface area contributed by atoms with Crippen molar-refractivity contribution in [2.24, 2.45) is 0 Å². The van der Waals surface area contributed by atoms with Crippen LogP contribution in [0.15, 0.2) is 55.0 Å². The lowest BCUT2D eigenvalue weighted by Gasteiger charge is -2.16. The quantitative estimate of drug-likeness (QED) is 0.249. The van der Waals surface area contributed by atoms with Crippen LogP contribution in [0.2, 0.25) is 0 Å². The summed E-state index contributed by atoms with van der Waals surface area (Å²) in [5, 5.41) is 5.94. The number of hydrogen-bond donors (Lipinski definition) is 2. The summed E-state index contributed by atoms with van der Waals surface area (Å²) >= 11 is 0. The number of hydrogen-bond acceptors (Lipinski definition) is 9. The second kappa shape index (κ2) is 12.7. The SMILES string of the molecule is CNCCOc1cc2nccc(Oc3c(F)cc(NC(=O)c4cnccc4O[C@H]4CCOC4)cc3F)c2cc1OC. The molecule has 1 fully saturated rings. The molecule has 1 aliphatic rings. The van der Waals surface area contributed by atoms with E-state index >= 15 is 8.78 Å². The Morgan fingerprint density at radius 1 is 1.07 bits per heavy atom. The number of carbonyl (C=O) groups excluding carboxylic acids is 1. The zero-order valence-corrected chi connectivity index (χ0v) is 22.4. The molecule has 3 heterocycles. The van der Waals surface area contributed by atoms with Gasteiger partial charge in [0, 0.05) is 60.8 Å². The first-order chi connectivity index (χ1) is 20.0. The molecule has 2 aromatic heterocycles. The Bertz CT molecular complexity index is 1520. The number of ether oxygens (including phenoxy) is 5. The summed E-state index contributed by atoms with van der Waals surface area (Å²) in [6.45, 7) is 2.00. The third kappa shape index (κ3) is 6.44. The van der Waals surface area contributed by atoms with Gasteiger partial charge in [0.05, 0.1) is 31.4 Å². The third-order valence-electron chi connectivity index (χ3n) is 6.27. The summed E-state index contributed by atoms with van der Waals surface area (Å²) in [6, 6.07) is 8.26. The van der Waals surface area contributed by atoms with Crippen LogP contribution in [0.4, 0.5) is 14.5 Å². The van der Waals surface area contributed by atoms with Gasteiger partial charge in [-0.1, -0.05) is 0 Å². The zero-order chi connectivity index (χ0) is 28.8. The number of amides is 1. The van der Waals surface area contributed by atoms with Gasteiger partial charge in [-0.2, -0.15) is 0 Å². The zero-order valence-electron chi connectivity index (χ0n) is 22.4. The van der Waals surface area contributed by atoms with E-state index in [2.05, 4.69) is 20.6 Å². The summed E-state index contributed by atoms with van der Waals surface area (Å²) in [5.41, 5.74) is 0.485. The fourth-order valence-corrected chi connectivity index (χ4v) is 4.23. The lowest BCUT2D eigenvalue weighted by Crippen LogP contribution is -2.20. The smallest absolute Gasteiger partial charge is 0.261 e. The highest BCUT2D eigenvalue weighted by Crippen LogP contribution is 2.38. The summed E-state index contributed by atoms with van der Waals surface area (Å²) < 4.78 is 58.3. The first kappa shape index (κ1) is 28.0. The molecular formula is C29H28F2N4O6. The molecule has 5 rings (SSSR count).